The summed E-state index contributed by atoms with van der Waals surface area (Å²) in [5.74, 6) is 1.52. The Morgan fingerprint density at radius 2 is 2.31 bits per heavy atom. The van der Waals surface area contributed by atoms with Crippen LogP contribution in [0.4, 0.5) is 0 Å². The van der Waals surface area contributed by atoms with Crippen LogP contribution in [0.15, 0.2) is 11.6 Å². The van der Waals surface area contributed by atoms with E-state index in [4.69, 9.17) is 11.6 Å². The smallest absolute Gasteiger partial charge is 0.0521 e. The predicted molar refractivity (Wildman–Crippen MR) is 60.2 cm³/mol. The first-order chi connectivity index (χ1) is 6.13. The van der Waals surface area contributed by atoms with E-state index in [1.807, 2.05) is 0 Å². The van der Waals surface area contributed by atoms with E-state index < -0.39 is 0 Å². The Bertz CT molecular complexity index is 184. The molecule has 1 heteroatoms. The van der Waals surface area contributed by atoms with Gasteiger partial charge in [0.25, 0.3) is 0 Å². The van der Waals surface area contributed by atoms with Crippen molar-refractivity contribution in [2.45, 2.75) is 51.8 Å². The Hall–Kier alpha value is 0.0300. The fourth-order valence-electron chi connectivity index (χ4n) is 2.22. The van der Waals surface area contributed by atoms with Crippen LogP contribution in [-0.2, 0) is 0 Å². The van der Waals surface area contributed by atoms with Crippen molar-refractivity contribution in [1.82, 2.24) is 0 Å². The molecule has 13 heavy (non-hydrogen) atoms. The minimum Gasteiger partial charge on any atom is -0.118 e. The van der Waals surface area contributed by atoms with Gasteiger partial charge >= 0.3 is 0 Å². The monoisotopic (exact) mass is 200 g/mol. The van der Waals surface area contributed by atoms with Crippen molar-refractivity contribution in [1.29, 1.82) is 0 Å². The van der Waals surface area contributed by atoms with Crippen LogP contribution in [0.3, 0.4) is 0 Å². The molecule has 3 unspecified atom stereocenters. The standard InChI is InChI=1S/C12H21Cl/c1-4-5-10(3)11-6-9(2)7-12(13)8-11/h8-10,12H,4-7H2,1-3H3. The fraction of sp³-hybridized carbons (Fsp3) is 0.833. The van der Waals surface area contributed by atoms with Crippen LogP contribution in [0, 0.1) is 11.8 Å². The van der Waals surface area contributed by atoms with Crippen molar-refractivity contribution in [2.24, 2.45) is 11.8 Å². The highest BCUT2D eigenvalue weighted by Gasteiger charge is 2.20. The molecule has 1 aliphatic rings. The summed E-state index contributed by atoms with van der Waals surface area (Å²) in [5, 5.41) is 0.290. The Morgan fingerprint density at radius 1 is 1.62 bits per heavy atom. The molecule has 0 fully saturated rings. The van der Waals surface area contributed by atoms with Gasteiger partial charge < -0.3 is 0 Å². The van der Waals surface area contributed by atoms with E-state index in [0.717, 1.165) is 18.3 Å². The van der Waals surface area contributed by atoms with E-state index in [-0.39, 0.29) is 5.38 Å². The number of alkyl halides is 1. The maximum absolute atomic E-state index is 6.17. The van der Waals surface area contributed by atoms with Crippen LogP contribution in [0.25, 0.3) is 0 Å². The fourth-order valence-corrected chi connectivity index (χ4v) is 2.69. The van der Waals surface area contributed by atoms with Crippen molar-refractivity contribution in [3.8, 4) is 0 Å². The topological polar surface area (TPSA) is 0 Å². The SMILES string of the molecule is CCCC(C)C1=CC(Cl)CC(C)C1. The third-order valence-corrected chi connectivity index (χ3v) is 3.27. The van der Waals surface area contributed by atoms with Gasteiger partial charge in [-0.15, -0.1) is 11.6 Å². The van der Waals surface area contributed by atoms with Gasteiger partial charge in [-0.1, -0.05) is 38.8 Å². The molecule has 0 radical (unpaired) electrons. The molecule has 3 atom stereocenters. The Balaban J connectivity index is 2.57. The second-order valence-corrected chi connectivity index (χ2v) is 5.05. The van der Waals surface area contributed by atoms with E-state index in [0.29, 0.717) is 0 Å². The lowest BCUT2D eigenvalue weighted by molar-refractivity contribution is 0.461. The minimum atomic E-state index is 0.290. The van der Waals surface area contributed by atoms with Gasteiger partial charge in [-0.3, -0.25) is 0 Å². The maximum atomic E-state index is 6.17. The predicted octanol–water partition coefficient (Wildman–Crippen LogP) is 4.39. The molecule has 0 saturated carbocycles. The molecular weight excluding hydrogens is 180 g/mol. The van der Waals surface area contributed by atoms with E-state index in [2.05, 4.69) is 26.8 Å². The summed E-state index contributed by atoms with van der Waals surface area (Å²) < 4.78 is 0. The van der Waals surface area contributed by atoms with Crippen LogP contribution in [0.5, 0.6) is 0 Å². The van der Waals surface area contributed by atoms with Crippen LogP contribution in [-0.4, -0.2) is 5.38 Å². The lowest BCUT2D eigenvalue weighted by atomic mass is 9.82. The number of hydrogen-bond acceptors (Lipinski definition) is 0. The number of halogens is 1. The van der Waals surface area contributed by atoms with Crippen molar-refractivity contribution in [3.05, 3.63) is 11.6 Å². The Kier molecular flexibility index (Phi) is 4.31. The van der Waals surface area contributed by atoms with Crippen molar-refractivity contribution < 1.29 is 0 Å². The zero-order valence-corrected chi connectivity index (χ0v) is 9.77. The van der Waals surface area contributed by atoms with E-state index in [1.165, 1.54) is 19.3 Å². The van der Waals surface area contributed by atoms with Gasteiger partial charge in [-0.05, 0) is 31.1 Å². The van der Waals surface area contributed by atoms with Crippen molar-refractivity contribution >= 4 is 11.6 Å². The lowest BCUT2D eigenvalue weighted by Gasteiger charge is -2.26. The highest BCUT2D eigenvalue weighted by molar-refractivity contribution is 6.21. The average molecular weight is 201 g/mol. The van der Waals surface area contributed by atoms with Gasteiger partial charge in [-0.2, -0.15) is 0 Å². The summed E-state index contributed by atoms with van der Waals surface area (Å²) in [4.78, 5) is 0. The third-order valence-electron chi connectivity index (χ3n) is 2.96. The molecule has 76 valence electrons. The molecule has 0 saturated heterocycles. The molecule has 0 bridgehead atoms. The van der Waals surface area contributed by atoms with Gasteiger partial charge in [-0.25, -0.2) is 0 Å². The summed E-state index contributed by atoms with van der Waals surface area (Å²) in [6, 6.07) is 0. The Labute approximate surface area is 87.4 Å². The molecule has 0 aromatic rings. The molecule has 0 aromatic heterocycles. The van der Waals surface area contributed by atoms with Gasteiger partial charge in [0, 0.05) is 0 Å². The van der Waals surface area contributed by atoms with Crippen molar-refractivity contribution in [3.63, 3.8) is 0 Å². The minimum absolute atomic E-state index is 0.290. The molecular formula is C12H21Cl. The molecule has 0 aromatic carbocycles. The van der Waals surface area contributed by atoms with Crippen LogP contribution < -0.4 is 0 Å². The zero-order valence-electron chi connectivity index (χ0n) is 9.02. The normalized spacial score (nSPS) is 31.2. The lowest BCUT2D eigenvalue weighted by Crippen LogP contribution is -2.15. The largest absolute Gasteiger partial charge is 0.118 e. The molecule has 0 N–H and O–H groups in total. The van der Waals surface area contributed by atoms with Crippen molar-refractivity contribution in [2.75, 3.05) is 0 Å². The first-order valence-corrected chi connectivity index (χ1v) is 5.91. The summed E-state index contributed by atoms with van der Waals surface area (Å²) in [6.45, 7) is 6.89. The zero-order chi connectivity index (χ0) is 9.84. The van der Waals surface area contributed by atoms with Gasteiger partial charge in [0.05, 0.1) is 5.38 Å². The molecule has 1 aliphatic carbocycles. The third kappa shape index (κ3) is 3.34. The quantitative estimate of drug-likeness (QED) is 0.469. The molecule has 0 nitrogen and oxygen atoms in total. The molecule has 0 heterocycles. The Morgan fingerprint density at radius 3 is 2.85 bits per heavy atom. The number of hydrogen-bond donors (Lipinski definition) is 0. The average Bonchev–Trinajstić information content (AvgIpc) is 2.03. The summed E-state index contributed by atoms with van der Waals surface area (Å²) >= 11 is 6.17. The first kappa shape index (κ1) is 11.1. The first-order valence-electron chi connectivity index (χ1n) is 5.48. The summed E-state index contributed by atoms with van der Waals surface area (Å²) in [5.41, 5.74) is 1.60. The second-order valence-electron chi connectivity index (χ2n) is 4.49. The van der Waals surface area contributed by atoms with E-state index in [9.17, 15) is 0 Å². The van der Waals surface area contributed by atoms with E-state index >= 15 is 0 Å². The number of rotatable bonds is 3. The van der Waals surface area contributed by atoms with Crippen LogP contribution >= 0.6 is 11.6 Å². The van der Waals surface area contributed by atoms with Gasteiger partial charge in [0.2, 0.25) is 0 Å². The highest BCUT2D eigenvalue weighted by atomic mass is 35.5. The molecule has 0 aliphatic heterocycles. The van der Waals surface area contributed by atoms with Crippen LogP contribution in [0.2, 0.25) is 0 Å². The van der Waals surface area contributed by atoms with Crippen LogP contribution in [0.1, 0.15) is 46.5 Å². The van der Waals surface area contributed by atoms with Gasteiger partial charge in [0.15, 0.2) is 0 Å². The molecule has 0 amide bonds. The summed E-state index contributed by atoms with van der Waals surface area (Å²) in [6.07, 6.45) is 7.30. The van der Waals surface area contributed by atoms with Gasteiger partial charge in [0.1, 0.15) is 0 Å². The number of allylic oxidation sites excluding steroid dienone is 2. The summed E-state index contributed by atoms with van der Waals surface area (Å²) in [7, 11) is 0. The maximum Gasteiger partial charge on any atom is 0.0521 e. The molecule has 1 rings (SSSR count). The second kappa shape index (κ2) is 5.05. The molecule has 0 spiro atoms. The van der Waals surface area contributed by atoms with E-state index in [1.54, 1.807) is 5.57 Å². The highest BCUT2D eigenvalue weighted by Crippen LogP contribution is 2.32.